The standard InChI is InChI=1S/C14H22BrN3O2/c1-3-5-10-12(15)14(16-6-4-2)18-13(17-10)11-9-19-7-8-20-11/h11H,3-9H2,1-2H3,(H,16,17,18). The van der Waals surface area contributed by atoms with Gasteiger partial charge in [0.25, 0.3) is 0 Å². The SMILES string of the molecule is CCCNc1nc(C2COCCO2)nc(CCC)c1Br. The van der Waals surface area contributed by atoms with Crippen molar-refractivity contribution < 1.29 is 9.47 Å². The van der Waals surface area contributed by atoms with Gasteiger partial charge in [0, 0.05) is 6.54 Å². The van der Waals surface area contributed by atoms with Crippen molar-refractivity contribution in [2.75, 3.05) is 31.7 Å². The summed E-state index contributed by atoms with van der Waals surface area (Å²) in [5, 5.41) is 3.35. The third-order valence-electron chi connectivity index (χ3n) is 3.07. The minimum atomic E-state index is -0.158. The van der Waals surface area contributed by atoms with E-state index in [1.54, 1.807) is 0 Å². The zero-order valence-electron chi connectivity index (χ0n) is 12.1. The number of anilines is 1. The van der Waals surface area contributed by atoms with Crippen LogP contribution in [0.4, 0.5) is 5.82 Å². The van der Waals surface area contributed by atoms with Crippen molar-refractivity contribution in [1.29, 1.82) is 0 Å². The van der Waals surface area contributed by atoms with E-state index in [1.807, 2.05) is 0 Å². The van der Waals surface area contributed by atoms with Crippen molar-refractivity contribution in [3.05, 3.63) is 16.0 Å². The van der Waals surface area contributed by atoms with E-state index in [9.17, 15) is 0 Å². The van der Waals surface area contributed by atoms with Gasteiger partial charge in [-0.25, -0.2) is 9.97 Å². The Labute approximate surface area is 128 Å². The molecule has 1 aromatic heterocycles. The first-order chi connectivity index (χ1) is 9.76. The van der Waals surface area contributed by atoms with E-state index in [-0.39, 0.29) is 6.10 Å². The molecule has 20 heavy (non-hydrogen) atoms. The normalized spacial score (nSPS) is 19.1. The minimum Gasteiger partial charge on any atom is -0.376 e. The summed E-state index contributed by atoms with van der Waals surface area (Å²) in [4.78, 5) is 9.25. The van der Waals surface area contributed by atoms with E-state index in [1.165, 1.54) is 0 Å². The third kappa shape index (κ3) is 3.90. The van der Waals surface area contributed by atoms with Gasteiger partial charge in [-0.3, -0.25) is 0 Å². The average molecular weight is 344 g/mol. The Kier molecular flexibility index (Phi) is 6.19. The summed E-state index contributed by atoms with van der Waals surface area (Å²) in [6.07, 6.45) is 2.86. The molecule has 1 aliphatic rings. The Morgan fingerprint density at radius 1 is 1.25 bits per heavy atom. The molecule has 1 unspecified atom stereocenters. The lowest BCUT2D eigenvalue weighted by molar-refractivity contribution is -0.0935. The number of rotatable bonds is 6. The summed E-state index contributed by atoms with van der Waals surface area (Å²) >= 11 is 3.61. The van der Waals surface area contributed by atoms with Crippen LogP contribution in [0.5, 0.6) is 0 Å². The lowest BCUT2D eigenvalue weighted by Crippen LogP contribution is -2.24. The van der Waals surface area contributed by atoms with Gasteiger partial charge >= 0.3 is 0 Å². The second-order valence-electron chi connectivity index (χ2n) is 4.80. The van der Waals surface area contributed by atoms with Crippen LogP contribution in [0, 0.1) is 0 Å². The number of hydrogen-bond acceptors (Lipinski definition) is 5. The topological polar surface area (TPSA) is 56.3 Å². The van der Waals surface area contributed by atoms with E-state index in [0.29, 0.717) is 19.8 Å². The molecule has 6 heteroatoms. The summed E-state index contributed by atoms with van der Waals surface area (Å²) in [5.74, 6) is 1.57. The van der Waals surface area contributed by atoms with Crippen LogP contribution in [0.2, 0.25) is 0 Å². The molecule has 0 aromatic carbocycles. The van der Waals surface area contributed by atoms with Crippen LogP contribution in [-0.4, -0.2) is 36.3 Å². The van der Waals surface area contributed by atoms with Gasteiger partial charge in [0.1, 0.15) is 11.9 Å². The van der Waals surface area contributed by atoms with Gasteiger partial charge in [-0.2, -0.15) is 0 Å². The summed E-state index contributed by atoms with van der Waals surface area (Å²) in [5.41, 5.74) is 1.03. The van der Waals surface area contributed by atoms with E-state index in [0.717, 1.165) is 47.6 Å². The van der Waals surface area contributed by atoms with Gasteiger partial charge < -0.3 is 14.8 Å². The number of nitrogens with zero attached hydrogens (tertiary/aromatic N) is 2. The van der Waals surface area contributed by atoms with Crippen molar-refractivity contribution in [1.82, 2.24) is 9.97 Å². The number of hydrogen-bond donors (Lipinski definition) is 1. The molecule has 0 bridgehead atoms. The number of ether oxygens (including phenoxy) is 2. The molecule has 112 valence electrons. The molecule has 2 rings (SSSR count). The van der Waals surface area contributed by atoms with Crippen LogP contribution in [-0.2, 0) is 15.9 Å². The molecule has 1 N–H and O–H groups in total. The molecule has 0 saturated carbocycles. The fourth-order valence-electron chi connectivity index (χ4n) is 2.06. The van der Waals surface area contributed by atoms with Gasteiger partial charge in [0.2, 0.25) is 0 Å². The number of halogens is 1. The van der Waals surface area contributed by atoms with Crippen molar-refractivity contribution >= 4 is 21.7 Å². The monoisotopic (exact) mass is 343 g/mol. The van der Waals surface area contributed by atoms with E-state index < -0.39 is 0 Å². The van der Waals surface area contributed by atoms with E-state index >= 15 is 0 Å². The highest BCUT2D eigenvalue weighted by molar-refractivity contribution is 9.10. The molecule has 1 aromatic rings. The largest absolute Gasteiger partial charge is 0.376 e. The van der Waals surface area contributed by atoms with Crippen LogP contribution < -0.4 is 5.32 Å². The summed E-state index contributed by atoms with van der Waals surface area (Å²) in [7, 11) is 0. The molecule has 2 heterocycles. The Balaban J connectivity index is 2.27. The lowest BCUT2D eigenvalue weighted by Gasteiger charge is -2.23. The highest BCUT2D eigenvalue weighted by Crippen LogP contribution is 2.28. The maximum absolute atomic E-state index is 5.70. The second kappa shape index (κ2) is 7.90. The average Bonchev–Trinajstić information content (AvgIpc) is 2.49. The zero-order chi connectivity index (χ0) is 14.4. The fraction of sp³-hybridized carbons (Fsp3) is 0.714. The van der Waals surface area contributed by atoms with Crippen LogP contribution in [0.1, 0.15) is 44.3 Å². The molecule has 1 fully saturated rings. The molecule has 1 atom stereocenters. The Bertz CT molecular complexity index is 437. The molecule has 0 amide bonds. The third-order valence-corrected chi connectivity index (χ3v) is 3.90. The first-order valence-electron chi connectivity index (χ1n) is 7.25. The lowest BCUT2D eigenvalue weighted by atomic mass is 10.2. The highest BCUT2D eigenvalue weighted by atomic mass is 79.9. The van der Waals surface area contributed by atoms with E-state index in [2.05, 4.69) is 45.1 Å². The van der Waals surface area contributed by atoms with Crippen LogP contribution in [0.25, 0.3) is 0 Å². The van der Waals surface area contributed by atoms with Gasteiger partial charge in [0.15, 0.2) is 5.82 Å². The fourth-order valence-corrected chi connectivity index (χ4v) is 2.57. The molecule has 1 aliphatic heterocycles. The molecule has 5 nitrogen and oxygen atoms in total. The smallest absolute Gasteiger partial charge is 0.162 e. The molecule has 1 saturated heterocycles. The Hall–Kier alpha value is -0.720. The van der Waals surface area contributed by atoms with Gasteiger partial charge in [-0.1, -0.05) is 20.3 Å². The molecule has 0 spiro atoms. The van der Waals surface area contributed by atoms with Crippen LogP contribution in [0.15, 0.2) is 4.47 Å². The summed E-state index contributed by atoms with van der Waals surface area (Å²) in [6.45, 7) is 6.95. The van der Waals surface area contributed by atoms with Crippen molar-refractivity contribution in [3.63, 3.8) is 0 Å². The van der Waals surface area contributed by atoms with Crippen molar-refractivity contribution in [2.24, 2.45) is 0 Å². The maximum atomic E-state index is 5.70. The Morgan fingerprint density at radius 3 is 2.75 bits per heavy atom. The van der Waals surface area contributed by atoms with Crippen molar-refractivity contribution in [2.45, 2.75) is 39.2 Å². The van der Waals surface area contributed by atoms with Gasteiger partial charge in [-0.05, 0) is 28.8 Å². The number of nitrogens with one attached hydrogen (secondary N) is 1. The number of aromatic nitrogens is 2. The van der Waals surface area contributed by atoms with Crippen molar-refractivity contribution in [3.8, 4) is 0 Å². The first-order valence-corrected chi connectivity index (χ1v) is 8.05. The highest BCUT2D eigenvalue weighted by Gasteiger charge is 2.22. The first kappa shape index (κ1) is 15.7. The Morgan fingerprint density at radius 2 is 2.10 bits per heavy atom. The predicted octanol–water partition coefficient (Wildman–Crippen LogP) is 3.10. The zero-order valence-corrected chi connectivity index (χ0v) is 13.7. The molecule has 0 aliphatic carbocycles. The van der Waals surface area contributed by atoms with Crippen LogP contribution >= 0.6 is 15.9 Å². The molecular formula is C14H22BrN3O2. The predicted molar refractivity (Wildman–Crippen MR) is 82.0 cm³/mol. The van der Waals surface area contributed by atoms with Crippen LogP contribution in [0.3, 0.4) is 0 Å². The molecule has 0 radical (unpaired) electrons. The van der Waals surface area contributed by atoms with E-state index in [4.69, 9.17) is 9.47 Å². The summed E-state index contributed by atoms with van der Waals surface area (Å²) < 4.78 is 12.1. The maximum Gasteiger partial charge on any atom is 0.162 e. The summed E-state index contributed by atoms with van der Waals surface area (Å²) in [6, 6.07) is 0. The van der Waals surface area contributed by atoms with Gasteiger partial charge in [-0.15, -0.1) is 0 Å². The minimum absolute atomic E-state index is 0.158. The number of aryl methyl sites for hydroxylation is 1. The quantitative estimate of drug-likeness (QED) is 0.859. The second-order valence-corrected chi connectivity index (χ2v) is 5.60. The van der Waals surface area contributed by atoms with Gasteiger partial charge in [0.05, 0.1) is 30.0 Å². The molecular weight excluding hydrogens is 322 g/mol.